The maximum absolute atomic E-state index is 10.8. The van der Waals surface area contributed by atoms with Crippen molar-refractivity contribution in [3.8, 4) is 5.75 Å². The first-order chi connectivity index (χ1) is 7.81. The summed E-state index contributed by atoms with van der Waals surface area (Å²) in [7, 11) is 0. The molecule has 0 heterocycles. The number of rotatable bonds is 4. The van der Waals surface area contributed by atoms with Crippen molar-refractivity contribution in [1.82, 2.24) is 0 Å². The second kappa shape index (κ2) is 5.15. The predicted molar refractivity (Wildman–Crippen MR) is 66.8 cm³/mol. The van der Waals surface area contributed by atoms with Crippen LogP contribution >= 0.6 is 0 Å². The number of carbonyl (C=O) groups excluding carboxylic acids is 1. The van der Waals surface area contributed by atoms with Crippen molar-refractivity contribution >= 4 is 5.97 Å². The molecule has 1 rings (SSSR count). The summed E-state index contributed by atoms with van der Waals surface area (Å²) < 4.78 is 4.92. The van der Waals surface area contributed by atoms with Crippen LogP contribution in [0.25, 0.3) is 0 Å². The Morgan fingerprint density at radius 3 is 2.29 bits per heavy atom. The van der Waals surface area contributed by atoms with E-state index in [4.69, 9.17) is 4.74 Å². The van der Waals surface area contributed by atoms with Crippen LogP contribution in [0.5, 0.6) is 5.75 Å². The molecule has 0 aliphatic carbocycles. The quantitative estimate of drug-likeness (QED) is 0.495. The van der Waals surface area contributed by atoms with Crippen LogP contribution in [0.3, 0.4) is 0 Å². The lowest BCUT2D eigenvalue weighted by Crippen LogP contribution is -2.21. The Labute approximate surface area is 102 Å². The predicted octanol–water partition coefficient (Wildman–Crippen LogP) is 2.79. The van der Waals surface area contributed by atoms with Crippen molar-refractivity contribution in [3.63, 3.8) is 0 Å². The zero-order chi connectivity index (χ0) is 13.1. The lowest BCUT2D eigenvalue weighted by atomic mass is 9.90. The molecule has 3 heteroatoms. The zero-order valence-electron chi connectivity index (χ0n) is 10.5. The van der Waals surface area contributed by atoms with E-state index in [2.05, 4.69) is 6.58 Å². The van der Waals surface area contributed by atoms with Crippen LogP contribution in [-0.4, -0.2) is 11.1 Å². The molecule has 1 aromatic carbocycles. The van der Waals surface area contributed by atoms with Gasteiger partial charge in [0.05, 0.1) is 5.60 Å². The van der Waals surface area contributed by atoms with E-state index in [1.165, 1.54) is 6.92 Å². The Kier molecular flexibility index (Phi) is 4.07. The highest BCUT2D eigenvalue weighted by molar-refractivity contribution is 5.69. The third-order valence-corrected chi connectivity index (χ3v) is 2.38. The molecule has 0 bridgehead atoms. The highest BCUT2D eigenvalue weighted by atomic mass is 16.5. The lowest BCUT2D eigenvalue weighted by molar-refractivity contribution is -0.131. The van der Waals surface area contributed by atoms with Gasteiger partial charge in [-0.25, -0.2) is 0 Å². The molecule has 0 aliphatic heterocycles. The first-order valence-electron chi connectivity index (χ1n) is 5.47. The second-order valence-corrected chi connectivity index (χ2v) is 4.53. The Hall–Kier alpha value is -1.61. The molecule has 0 aromatic heterocycles. The van der Waals surface area contributed by atoms with Gasteiger partial charge >= 0.3 is 5.97 Å². The molecule has 1 unspecified atom stereocenters. The van der Waals surface area contributed by atoms with E-state index < -0.39 is 5.60 Å². The van der Waals surface area contributed by atoms with E-state index in [-0.39, 0.29) is 5.97 Å². The van der Waals surface area contributed by atoms with Crippen LogP contribution in [0.4, 0.5) is 0 Å². The summed E-state index contributed by atoms with van der Waals surface area (Å²) in [6, 6.07) is 6.84. The minimum absolute atomic E-state index is 0.355. The smallest absolute Gasteiger partial charge is 0.308 e. The molecule has 1 atom stereocenters. The van der Waals surface area contributed by atoms with Crippen LogP contribution < -0.4 is 4.74 Å². The van der Waals surface area contributed by atoms with Gasteiger partial charge in [-0.15, -0.1) is 6.58 Å². The van der Waals surface area contributed by atoms with E-state index in [0.29, 0.717) is 12.2 Å². The van der Waals surface area contributed by atoms with Gasteiger partial charge in [0.15, 0.2) is 0 Å². The van der Waals surface area contributed by atoms with E-state index >= 15 is 0 Å². The molecule has 0 fully saturated rings. The third kappa shape index (κ3) is 4.04. The minimum Gasteiger partial charge on any atom is -0.427 e. The molecule has 17 heavy (non-hydrogen) atoms. The highest BCUT2D eigenvalue weighted by Gasteiger charge is 2.22. The first kappa shape index (κ1) is 13.5. The molecule has 0 saturated heterocycles. The largest absolute Gasteiger partial charge is 0.427 e. The van der Waals surface area contributed by atoms with Crippen molar-refractivity contribution < 1.29 is 14.6 Å². The molecule has 3 nitrogen and oxygen atoms in total. The summed E-state index contributed by atoms with van der Waals surface area (Å²) in [5.74, 6) is 0.124. The Bertz CT molecular complexity index is 416. The molecule has 0 spiro atoms. The van der Waals surface area contributed by atoms with Gasteiger partial charge in [-0.2, -0.15) is 0 Å². The molecule has 1 aromatic rings. The van der Waals surface area contributed by atoms with Crippen molar-refractivity contribution in [3.05, 3.63) is 42.0 Å². The van der Waals surface area contributed by atoms with Crippen LogP contribution in [0.2, 0.25) is 0 Å². The third-order valence-electron chi connectivity index (χ3n) is 2.38. The maximum Gasteiger partial charge on any atom is 0.308 e. The van der Waals surface area contributed by atoms with E-state index in [1.807, 2.05) is 6.92 Å². The van der Waals surface area contributed by atoms with Gasteiger partial charge in [0, 0.05) is 13.3 Å². The zero-order valence-corrected chi connectivity index (χ0v) is 10.5. The topological polar surface area (TPSA) is 46.5 Å². The number of esters is 1. The summed E-state index contributed by atoms with van der Waals surface area (Å²) in [5.41, 5.74) is 0.746. The van der Waals surface area contributed by atoms with Gasteiger partial charge in [-0.3, -0.25) is 4.79 Å². The van der Waals surface area contributed by atoms with Gasteiger partial charge in [0.25, 0.3) is 0 Å². The second-order valence-electron chi connectivity index (χ2n) is 4.53. The Balaban J connectivity index is 2.86. The SMILES string of the molecule is C=C(C)CC(C)(O)c1ccc(OC(C)=O)cc1. The van der Waals surface area contributed by atoms with Gasteiger partial charge in [0.1, 0.15) is 5.75 Å². The van der Waals surface area contributed by atoms with Gasteiger partial charge in [-0.05, 0) is 31.5 Å². The molecule has 0 saturated carbocycles. The lowest BCUT2D eigenvalue weighted by Gasteiger charge is -2.24. The Morgan fingerprint density at radius 2 is 1.88 bits per heavy atom. The average Bonchev–Trinajstić information content (AvgIpc) is 2.15. The van der Waals surface area contributed by atoms with Crippen molar-refractivity contribution in [2.45, 2.75) is 32.8 Å². The summed E-state index contributed by atoms with van der Waals surface area (Å²) in [4.78, 5) is 10.8. The summed E-state index contributed by atoms with van der Waals surface area (Å²) >= 11 is 0. The number of hydrogen-bond donors (Lipinski definition) is 1. The van der Waals surface area contributed by atoms with Gasteiger partial charge < -0.3 is 9.84 Å². The maximum atomic E-state index is 10.8. The fraction of sp³-hybridized carbons (Fsp3) is 0.357. The highest BCUT2D eigenvalue weighted by Crippen LogP contribution is 2.28. The molecular formula is C14H18O3. The van der Waals surface area contributed by atoms with Gasteiger partial charge in [0.2, 0.25) is 0 Å². The number of benzene rings is 1. The summed E-state index contributed by atoms with van der Waals surface area (Å²) in [6.45, 7) is 8.76. The summed E-state index contributed by atoms with van der Waals surface area (Å²) in [6.07, 6.45) is 0.500. The molecule has 0 aliphatic rings. The van der Waals surface area contributed by atoms with Crippen molar-refractivity contribution in [1.29, 1.82) is 0 Å². The molecule has 1 N–H and O–H groups in total. The van der Waals surface area contributed by atoms with Crippen LogP contribution in [0.1, 0.15) is 32.8 Å². The molecule has 92 valence electrons. The molecule has 0 radical (unpaired) electrons. The number of ether oxygens (including phenoxy) is 1. The fourth-order valence-electron chi connectivity index (χ4n) is 1.74. The monoisotopic (exact) mass is 234 g/mol. The Morgan fingerprint density at radius 1 is 1.35 bits per heavy atom. The fourth-order valence-corrected chi connectivity index (χ4v) is 1.74. The van der Waals surface area contributed by atoms with Crippen LogP contribution in [0.15, 0.2) is 36.4 Å². The normalized spacial score (nSPS) is 13.9. The van der Waals surface area contributed by atoms with Gasteiger partial charge in [-0.1, -0.05) is 17.7 Å². The average molecular weight is 234 g/mol. The van der Waals surface area contributed by atoms with Crippen molar-refractivity contribution in [2.24, 2.45) is 0 Å². The standard InChI is InChI=1S/C14H18O3/c1-10(2)9-14(4,16)12-5-7-13(8-6-12)17-11(3)15/h5-8,16H,1,9H2,2-4H3. The summed E-state index contributed by atoms with van der Waals surface area (Å²) in [5, 5.41) is 10.3. The molecular weight excluding hydrogens is 216 g/mol. The van der Waals surface area contributed by atoms with E-state index in [0.717, 1.165) is 11.1 Å². The minimum atomic E-state index is -0.944. The van der Waals surface area contributed by atoms with Crippen molar-refractivity contribution in [2.75, 3.05) is 0 Å². The van der Waals surface area contributed by atoms with E-state index in [1.54, 1.807) is 31.2 Å². The van der Waals surface area contributed by atoms with E-state index in [9.17, 15) is 9.90 Å². The number of carbonyl (C=O) groups is 1. The first-order valence-corrected chi connectivity index (χ1v) is 5.47. The van der Waals surface area contributed by atoms with Crippen LogP contribution in [0, 0.1) is 0 Å². The van der Waals surface area contributed by atoms with Crippen LogP contribution in [-0.2, 0) is 10.4 Å². The molecule has 0 amide bonds. The number of aliphatic hydroxyl groups is 1. The number of hydrogen-bond acceptors (Lipinski definition) is 3.